The van der Waals surface area contributed by atoms with Crippen LogP contribution in [0, 0.1) is 0 Å². The monoisotopic (exact) mass is 278 g/mol. The second-order valence-electron chi connectivity index (χ2n) is 5.31. The summed E-state index contributed by atoms with van der Waals surface area (Å²) in [4.78, 5) is 11.8. The second-order valence-corrected chi connectivity index (χ2v) is 5.31. The Morgan fingerprint density at radius 3 is 2.55 bits per heavy atom. The van der Waals surface area contributed by atoms with Gasteiger partial charge in [0.05, 0.1) is 18.8 Å². The first-order valence-electron chi connectivity index (χ1n) is 7.44. The lowest BCUT2D eigenvalue weighted by Crippen LogP contribution is -2.28. The third-order valence-electron chi connectivity index (χ3n) is 3.59. The minimum absolute atomic E-state index is 0.00773. The minimum Gasteiger partial charge on any atom is -0.394 e. The third-order valence-corrected chi connectivity index (χ3v) is 3.59. The van der Waals surface area contributed by atoms with Gasteiger partial charge in [-0.3, -0.25) is 4.79 Å². The molecule has 1 unspecified atom stereocenters. The number of hydrogen-bond acceptors (Lipinski definition) is 3. The predicted octanol–water partition coefficient (Wildman–Crippen LogP) is 3.45. The van der Waals surface area contributed by atoms with Gasteiger partial charge in [0.25, 0.3) is 0 Å². The number of unbranched alkanes of at least 4 members (excludes halogenated alkanes) is 1. The van der Waals surface area contributed by atoms with E-state index in [1.54, 1.807) is 0 Å². The van der Waals surface area contributed by atoms with Gasteiger partial charge in [0, 0.05) is 12.8 Å². The van der Waals surface area contributed by atoms with Crippen molar-refractivity contribution in [2.75, 3.05) is 13.2 Å². The maximum absolute atomic E-state index is 11.8. The molecular weight excluding hydrogens is 252 g/mol. The van der Waals surface area contributed by atoms with E-state index >= 15 is 0 Å². The van der Waals surface area contributed by atoms with E-state index in [4.69, 9.17) is 9.84 Å². The first-order valence-corrected chi connectivity index (χ1v) is 7.44. The van der Waals surface area contributed by atoms with E-state index in [1.807, 2.05) is 37.3 Å². The fourth-order valence-electron chi connectivity index (χ4n) is 2.24. The number of carbonyl (C=O) groups is 1. The molecule has 0 aliphatic carbocycles. The lowest BCUT2D eigenvalue weighted by atomic mass is 9.89. The smallest absolute Gasteiger partial charge is 0.133 e. The van der Waals surface area contributed by atoms with E-state index in [-0.39, 0.29) is 13.2 Å². The molecule has 1 N–H and O–H groups in total. The molecule has 0 spiro atoms. The highest BCUT2D eigenvalue weighted by Crippen LogP contribution is 2.30. The van der Waals surface area contributed by atoms with Gasteiger partial charge in [0.15, 0.2) is 0 Å². The van der Waals surface area contributed by atoms with Crippen molar-refractivity contribution in [1.82, 2.24) is 0 Å². The molecule has 0 amide bonds. The zero-order chi connectivity index (χ0) is 14.8. The van der Waals surface area contributed by atoms with Crippen LogP contribution in [-0.4, -0.2) is 24.1 Å². The van der Waals surface area contributed by atoms with Gasteiger partial charge in [-0.15, -0.1) is 0 Å². The fraction of sp³-hybridized carbons (Fsp3) is 0.588. The van der Waals surface area contributed by atoms with Crippen LogP contribution in [0.25, 0.3) is 0 Å². The van der Waals surface area contributed by atoms with Crippen molar-refractivity contribution in [3.8, 4) is 0 Å². The minimum atomic E-state index is -0.508. The molecule has 0 radical (unpaired) electrons. The standard InChI is InChI=1S/C17H26O3/c1-3-4-10-16(19)11-12-17(2,20-14-13-18)15-8-6-5-7-9-15/h5-9,18H,3-4,10-14H2,1-2H3. The molecule has 1 aromatic rings. The average molecular weight is 278 g/mol. The zero-order valence-electron chi connectivity index (χ0n) is 12.6. The average Bonchev–Trinajstić information content (AvgIpc) is 2.49. The van der Waals surface area contributed by atoms with Gasteiger partial charge in [0.1, 0.15) is 5.78 Å². The van der Waals surface area contributed by atoms with Crippen LogP contribution >= 0.6 is 0 Å². The van der Waals surface area contributed by atoms with E-state index in [2.05, 4.69) is 6.92 Å². The number of hydrogen-bond donors (Lipinski definition) is 1. The molecule has 0 heterocycles. The van der Waals surface area contributed by atoms with E-state index in [9.17, 15) is 4.79 Å². The quantitative estimate of drug-likeness (QED) is 0.713. The number of aliphatic hydroxyl groups excluding tert-OH is 1. The van der Waals surface area contributed by atoms with Crippen LogP contribution in [0.1, 0.15) is 51.5 Å². The molecule has 3 heteroatoms. The molecule has 0 saturated heterocycles. The zero-order valence-corrected chi connectivity index (χ0v) is 12.6. The number of carbonyl (C=O) groups excluding carboxylic acids is 1. The molecule has 0 fully saturated rings. The van der Waals surface area contributed by atoms with Crippen LogP contribution in [-0.2, 0) is 15.1 Å². The number of Topliss-reactive ketones (excluding diaryl/α,β-unsaturated/α-hetero) is 1. The van der Waals surface area contributed by atoms with E-state index in [0.717, 1.165) is 18.4 Å². The normalized spacial score (nSPS) is 13.9. The first kappa shape index (κ1) is 16.9. The summed E-state index contributed by atoms with van der Waals surface area (Å²) in [6.45, 7) is 4.36. The summed E-state index contributed by atoms with van der Waals surface area (Å²) in [7, 11) is 0. The Morgan fingerprint density at radius 2 is 1.95 bits per heavy atom. The van der Waals surface area contributed by atoms with Crippen LogP contribution in [0.15, 0.2) is 30.3 Å². The number of rotatable bonds is 10. The van der Waals surface area contributed by atoms with Gasteiger partial charge in [-0.05, 0) is 25.3 Å². The number of aliphatic hydroxyl groups is 1. The van der Waals surface area contributed by atoms with Crippen LogP contribution in [0.3, 0.4) is 0 Å². The molecule has 1 aromatic carbocycles. The summed E-state index contributed by atoms with van der Waals surface area (Å²) >= 11 is 0. The van der Waals surface area contributed by atoms with Crippen molar-refractivity contribution in [3.63, 3.8) is 0 Å². The molecule has 0 saturated carbocycles. The number of ether oxygens (including phenoxy) is 1. The maximum Gasteiger partial charge on any atom is 0.133 e. The predicted molar refractivity (Wildman–Crippen MR) is 80.6 cm³/mol. The number of benzene rings is 1. The lowest BCUT2D eigenvalue weighted by Gasteiger charge is -2.30. The number of ketones is 1. The summed E-state index contributed by atoms with van der Waals surface area (Å²) in [6, 6.07) is 9.91. The Labute approximate surface area is 122 Å². The largest absolute Gasteiger partial charge is 0.394 e. The molecule has 1 atom stereocenters. The molecule has 0 aromatic heterocycles. The molecule has 1 rings (SSSR count). The highest BCUT2D eigenvalue weighted by molar-refractivity contribution is 5.78. The third kappa shape index (κ3) is 5.43. The SMILES string of the molecule is CCCCC(=O)CCC(C)(OCCO)c1ccccc1. The molecule has 3 nitrogen and oxygen atoms in total. The maximum atomic E-state index is 11.8. The van der Waals surface area contributed by atoms with Crippen LogP contribution in [0.5, 0.6) is 0 Å². The molecule has 20 heavy (non-hydrogen) atoms. The molecule has 112 valence electrons. The van der Waals surface area contributed by atoms with E-state index < -0.39 is 5.60 Å². The van der Waals surface area contributed by atoms with Gasteiger partial charge in [-0.25, -0.2) is 0 Å². The highest BCUT2D eigenvalue weighted by Gasteiger charge is 2.27. The van der Waals surface area contributed by atoms with Crippen molar-refractivity contribution >= 4 is 5.78 Å². The van der Waals surface area contributed by atoms with Crippen LogP contribution in [0.2, 0.25) is 0 Å². The van der Waals surface area contributed by atoms with Crippen LogP contribution in [0.4, 0.5) is 0 Å². The molecule has 0 bridgehead atoms. The van der Waals surface area contributed by atoms with Gasteiger partial charge in [-0.1, -0.05) is 43.7 Å². The van der Waals surface area contributed by atoms with Crippen molar-refractivity contribution in [2.45, 2.75) is 51.6 Å². The van der Waals surface area contributed by atoms with Gasteiger partial charge in [0.2, 0.25) is 0 Å². The molecule has 0 aliphatic rings. The van der Waals surface area contributed by atoms with Crippen LogP contribution < -0.4 is 0 Å². The van der Waals surface area contributed by atoms with Crippen molar-refractivity contribution in [2.24, 2.45) is 0 Å². The van der Waals surface area contributed by atoms with E-state index in [0.29, 0.717) is 25.0 Å². The Hall–Kier alpha value is -1.19. The fourth-order valence-corrected chi connectivity index (χ4v) is 2.24. The van der Waals surface area contributed by atoms with Crippen molar-refractivity contribution in [3.05, 3.63) is 35.9 Å². The first-order chi connectivity index (χ1) is 9.62. The molecular formula is C17H26O3. The van der Waals surface area contributed by atoms with Crippen molar-refractivity contribution in [1.29, 1.82) is 0 Å². The van der Waals surface area contributed by atoms with Gasteiger partial charge in [-0.2, -0.15) is 0 Å². The van der Waals surface area contributed by atoms with E-state index in [1.165, 1.54) is 0 Å². The highest BCUT2D eigenvalue weighted by atomic mass is 16.5. The second kappa shape index (κ2) is 8.88. The lowest BCUT2D eigenvalue weighted by molar-refractivity contribution is -0.121. The Balaban J connectivity index is 2.66. The Morgan fingerprint density at radius 1 is 1.25 bits per heavy atom. The summed E-state index contributed by atoms with van der Waals surface area (Å²) in [5.41, 5.74) is 0.544. The summed E-state index contributed by atoms with van der Waals surface area (Å²) in [6.07, 6.45) is 3.83. The Kier molecular flexibility index (Phi) is 7.48. The topological polar surface area (TPSA) is 46.5 Å². The summed E-state index contributed by atoms with van der Waals surface area (Å²) in [5, 5.41) is 8.98. The van der Waals surface area contributed by atoms with Gasteiger partial charge >= 0.3 is 0 Å². The van der Waals surface area contributed by atoms with Gasteiger partial charge < -0.3 is 9.84 Å². The summed E-state index contributed by atoms with van der Waals surface area (Å²) < 4.78 is 5.82. The molecule has 0 aliphatic heterocycles. The van der Waals surface area contributed by atoms with Crippen molar-refractivity contribution < 1.29 is 14.6 Å². The summed E-state index contributed by atoms with van der Waals surface area (Å²) in [5.74, 6) is 0.293. The Bertz CT molecular complexity index is 388.